The van der Waals surface area contributed by atoms with Crippen LogP contribution in [0.2, 0.25) is 0 Å². The summed E-state index contributed by atoms with van der Waals surface area (Å²) in [7, 11) is 0. The lowest BCUT2D eigenvalue weighted by atomic mass is 10.2. The summed E-state index contributed by atoms with van der Waals surface area (Å²) in [4.78, 5) is 22.5. The number of anilines is 1. The van der Waals surface area contributed by atoms with Gasteiger partial charge >= 0.3 is 0 Å². The van der Waals surface area contributed by atoms with Crippen molar-refractivity contribution < 1.29 is 9.18 Å². The number of hydrogen-bond donors (Lipinski definition) is 2. The second-order valence-corrected chi connectivity index (χ2v) is 7.92. The van der Waals surface area contributed by atoms with Gasteiger partial charge in [-0.25, -0.2) is 14.4 Å². The summed E-state index contributed by atoms with van der Waals surface area (Å²) >= 11 is 0. The molecule has 5 aromatic rings. The molecule has 0 fully saturated rings. The van der Waals surface area contributed by atoms with Crippen molar-refractivity contribution in [1.82, 2.24) is 20.0 Å². The highest BCUT2D eigenvalue weighted by Crippen LogP contribution is 2.28. The van der Waals surface area contributed by atoms with Crippen molar-refractivity contribution in [3.8, 4) is 0 Å². The molecular formula is C26H21FN6O. The normalized spacial score (nSPS) is 11.5. The molecule has 0 atom stereocenters. The molecule has 7 nitrogen and oxygen atoms in total. The Balaban J connectivity index is 1.58. The predicted octanol–water partition coefficient (Wildman–Crippen LogP) is 4.43. The fraction of sp³-hybridized carbons (Fsp3) is 0.0769. The van der Waals surface area contributed by atoms with Crippen molar-refractivity contribution in [3.63, 3.8) is 0 Å². The zero-order valence-electron chi connectivity index (χ0n) is 18.4. The van der Waals surface area contributed by atoms with Crippen LogP contribution in [-0.4, -0.2) is 26.8 Å². The van der Waals surface area contributed by atoms with Gasteiger partial charge in [-0.05, 0) is 42.3 Å². The van der Waals surface area contributed by atoms with Crippen LogP contribution in [0.15, 0.2) is 77.9 Å². The summed E-state index contributed by atoms with van der Waals surface area (Å²) in [5.41, 5.74) is 11.4. The van der Waals surface area contributed by atoms with Gasteiger partial charge in [-0.2, -0.15) is 9.78 Å². The molecule has 0 spiro atoms. The highest BCUT2D eigenvalue weighted by atomic mass is 19.1. The Bertz CT molecular complexity index is 1560. The van der Waals surface area contributed by atoms with Crippen LogP contribution in [0.3, 0.4) is 0 Å². The molecule has 168 valence electrons. The van der Waals surface area contributed by atoms with E-state index in [0.717, 1.165) is 16.7 Å². The molecule has 0 bridgehead atoms. The number of halogens is 1. The van der Waals surface area contributed by atoms with Crippen molar-refractivity contribution >= 4 is 40.1 Å². The number of rotatable bonds is 5. The Hall–Kier alpha value is -4.59. The summed E-state index contributed by atoms with van der Waals surface area (Å²) in [5, 5.41) is 7.36. The topological polar surface area (TPSA) is 98.2 Å². The van der Waals surface area contributed by atoms with E-state index in [2.05, 4.69) is 20.4 Å². The van der Waals surface area contributed by atoms with Gasteiger partial charge in [0, 0.05) is 6.54 Å². The molecule has 0 radical (unpaired) electrons. The monoisotopic (exact) mass is 452 g/mol. The molecular weight excluding hydrogens is 431 g/mol. The van der Waals surface area contributed by atoms with E-state index < -0.39 is 5.91 Å². The quantitative estimate of drug-likeness (QED) is 0.386. The molecule has 0 aliphatic carbocycles. The first-order valence-corrected chi connectivity index (χ1v) is 10.7. The second-order valence-electron chi connectivity index (χ2n) is 7.92. The van der Waals surface area contributed by atoms with Crippen molar-refractivity contribution in [2.75, 3.05) is 5.73 Å². The molecule has 34 heavy (non-hydrogen) atoms. The molecule has 0 unspecified atom stereocenters. The van der Waals surface area contributed by atoms with Crippen LogP contribution in [-0.2, 0) is 6.54 Å². The van der Waals surface area contributed by atoms with Crippen LogP contribution in [0.1, 0.15) is 27.0 Å². The van der Waals surface area contributed by atoms with Crippen LogP contribution in [0.4, 0.5) is 10.2 Å². The summed E-state index contributed by atoms with van der Waals surface area (Å²) < 4.78 is 14.6. The molecule has 0 saturated carbocycles. The van der Waals surface area contributed by atoms with Gasteiger partial charge in [-0.3, -0.25) is 4.79 Å². The van der Waals surface area contributed by atoms with Gasteiger partial charge in [-0.1, -0.05) is 54.1 Å². The number of nitrogens with two attached hydrogens (primary N) is 1. The Morgan fingerprint density at radius 1 is 1.06 bits per heavy atom. The van der Waals surface area contributed by atoms with Crippen molar-refractivity contribution in [3.05, 3.63) is 101 Å². The third-order valence-electron chi connectivity index (χ3n) is 5.43. The van der Waals surface area contributed by atoms with E-state index in [1.165, 1.54) is 16.8 Å². The summed E-state index contributed by atoms with van der Waals surface area (Å²) in [6.07, 6.45) is 1.67. The standard InChI is InChI=1S/C26H21FN6O/c1-16-5-4-6-18(13-16)15-30-33-24(28)22(26(34)29-14-17-9-11-19(27)12-10-17)23-25(33)32-21-8-3-2-7-20(21)31-23/h2-13,15H,14,28H2,1H3,(H,29,34)/b30-15-. The Morgan fingerprint density at radius 2 is 1.79 bits per heavy atom. The fourth-order valence-electron chi connectivity index (χ4n) is 3.74. The van der Waals surface area contributed by atoms with Crippen molar-refractivity contribution in [2.24, 2.45) is 5.10 Å². The van der Waals surface area contributed by atoms with Crippen LogP contribution in [0.5, 0.6) is 0 Å². The van der Waals surface area contributed by atoms with E-state index in [1.807, 2.05) is 55.5 Å². The Kier molecular flexibility index (Phi) is 5.47. The second kappa shape index (κ2) is 8.74. The van der Waals surface area contributed by atoms with E-state index >= 15 is 0 Å². The van der Waals surface area contributed by atoms with Gasteiger partial charge in [0.05, 0.1) is 17.2 Å². The number of nitrogen functional groups attached to an aromatic ring is 1. The third-order valence-corrected chi connectivity index (χ3v) is 5.43. The fourth-order valence-corrected chi connectivity index (χ4v) is 3.74. The minimum absolute atomic E-state index is 0.130. The molecule has 0 aliphatic rings. The number of nitrogens with one attached hydrogen (secondary N) is 1. The first kappa shape index (κ1) is 21.3. The number of amides is 1. The number of aromatic nitrogens is 3. The molecule has 2 aromatic heterocycles. The molecule has 1 amide bonds. The van der Waals surface area contributed by atoms with Gasteiger partial charge in [0.15, 0.2) is 5.65 Å². The van der Waals surface area contributed by atoms with Crippen molar-refractivity contribution in [1.29, 1.82) is 0 Å². The summed E-state index contributed by atoms with van der Waals surface area (Å²) in [6, 6.07) is 21.2. The zero-order chi connectivity index (χ0) is 23.7. The maximum atomic E-state index is 13.2. The first-order chi connectivity index (χ1) is 16.5. The zero-order valence-corrected chi connectivity index (χ0v) is 18.4. The molecule has 3 aromatic carbocycles. The molecule has 0 saturated heterocycles. The molecule has 2 heterocycles. The van der Waals surface area contributed by atoms with Crippen LogP contribution < -0.4 is 11.1 Å². The number of carbonyl (C=O) groups excluding carboxylic acids is 1. The largest absolute Gasteiger partial charge is 0.383 e. The SMILES string of the molecule is Cc1cccc(/C=N\n2c(N)c(C(=O)NCc3ccc(F)cc3)c3nc4ccccc4nc32)c1. The number of carbonyl (C=O) groups is 1. The summed E-state index contributed by atoms with van der Waals surface area (Å²) in [6.45, 7) is 2.21. The predicted molar refractivity (Wildman–Crippen MR) is 131 cm³/mol. The van der Waals surface area contributed by atoms with Crippen LogP contribution in [0.25, 0.3) is 22.2 Å². The molecule has 3 N–H and O–H groups in total. The number of para-hydroxylation sites is 2. The van der Waals surface area contributed by atoms with E-state index in [1.54, 1.807) is 18.3 Å². The first-order valence-electron chi connectivity index (χ1n) is 10.7. The number of benzene rings is 3. The number of aryl methyl sites for hydroxylation is 1. The van der Waals surface area contributed by atoms with Gasteiger partial charge in [0.1, 0.15) is 22.7 Å². The highest BCUT2D eigenvalue weighted by molar-refractivity contribution is 6.10. The molecule has 8 heteroatoms. The van der Waals surface area contributed by atoms with Crippen molar-refractivity contribution in [2.45, 2.75) is 13.5 Å². The van der Waals surface area contributed by atoms with E-state index in [9.17, 15) is 9.18 Å². The average molecular weight is 452 g/mol. The maximum absolute atomic E-state index is 13.2. The number of hydrogen-bond acceptors (Lipinski definition) is 5. The van der Waals surface area contributed by atoms with Gasteiger partial charge < -0.3 is 11.1 Å². The maximum Gasteiger partial charge on any atom is 0.257 e. The van der Waals surface area contributed by atoms with Gasteiger partial charge in [-0.15, -0.1) is 0 Å². The van der Waals surface area contributed by atoms with Crippen LogP contribution >= 0.6 is 0 Å². The summed E-state index contributed by atoms with van der Waals surface area (Å²) in [5.74, 6) is -0.622. The smallest absolute Gasteiger partial charge is 0.257 e. The van der Waals surface area contributed by atoms with Crippen LogP contribution in [0, 0.1) is 12.7 Å². The Labute approximate surface area is 194 Å². The third kappa shape index (κ3) is 4.09. The Morgan fingerprint density at radius 3 is 2.53 bits per heavy atom. The lowest BCUT2D eigenvalue weighted by molar-refractivity contribution is 0.0953. The minimum atomic E-state index is -0.416. The molecule has 0 aliphatic heterocycles. The number of nitrogens with zero attached hydrogens (tertiary/aromatic N) is 4. The van der Waals surface area contributed by atoms with Gasteiger partial charge in [0.2, 0.25) is 0 Å². The minimum Gasteiger partial charge on any atom is -0.383 e. The number of fused-ring (bicyclic) bond motifs is 2. The van der Waals surface area contributed by atoms with E-state index in [0.29, 0.717) is 22.2 Å². The molecule has 5 rings (SSSR count). The highest BCUT2D eigenvalue weighted by Gasteiger charge is 2.24. The lowest BCUT2D eigenvalue weighted by Crippen LogP contribution is -2.23. The average Bonchev–Trinajstić information content (AvgIpc) is 3.10. The van der Waals surface area contributed by atoms with E-state index in [-0.39, 0.29) is 23.7 Å². The van der Waals surface area contributed by atoms with E-state index in [4.69, 9.17) is 5.73 Å². The lowest BCUT2D eigenvalue weighted by Gasteiger charge is -2.06. The van der Waals surface area contributed by atoms with Gasteiger partial charge in [0.25, 0.3) is 5.91 Å².